The van der Waals surface area contributed by atoms with Crippen LogP contribution in [0.3, 0.4) is 0 Å². The Labute approximate surface area is 139 Å². The van der Waals surface area contributed by atoms with Gasteiger partial charge < -0.3 is 10.6 Å². The molecule has 0 saturated carbocycles. The molecule has 0 aliphatic rings. The van der Waals surface area contributed by atoms with Crippen LogP contribution in [0.25, 0.3) is 0 Å². The summed E-state index contributed by atoms with van der Waals surface area (Å²) in [5, 5.41) is 5.67. The van der Waals surface area contributed by atoms with Gasteiger partial charge in [-0.25, -0.2) is 0 Å². The summed E-state index contributed by atoms with van der Waals surface area (Å²) in [6, 6.07) is 8.04. The van der Waals surface area contributed by atoms with E-state index in [4.69, 9.17) is 0 Å². The van der Waals surface area contributed by atoms with Crippen molar-refractivity contribution in [2.45, 2.75) is 46.1 Å². The van der Waals surface area contributed by atoms with Gasteiger partial charge in [-0.3, -0.25) is 14.5 Å². The third-order valence-electron chi connectivity index (χ3n) is 3.65. The van der Waals surface area contributed by atoms with Crippen LogP contribution in [0.5, 0.6) is 0 Å². The number of nitrogens with one attached hydrogen (secondary N) is 2. The van der Waals surface area contributed by atoms with E-state index in [-0.39, 0.29) is 30.9 Å². The van der Waals surface area contributed by atoms with Gasteiger partial charge in [-0.15, -0.1) is 0 Å². The quantitative estimate of drug-likeness (QED) is 0.774. The molecule has 2 amide bonds. The smallest absolute Gasteiger partial charge is 0.238 e. The Morgan fingerprint density at radius 3 is 2.13 bits per heavy atom. The maximum atomic E-state index is 12.0. The fourth-order valence-corrected chi connectivity index (χ4v) is 2.25. The Bertz CT molecular complexity index is 512. The first-order valence-corrected chi connectivity index (χ1v) is 8.19. The second-order valence-electron chi connectivity index (χ2n) is 6.37. The number of carbonyl (C=O) groups is 2. The van der Waals surface area contributed by atoms with Crippen LogP contribution in [0, 0.1) is 0 Å². The SMILES string of the molecule is CC[C@@H](C)c1ccc(NC(=O)CN(C)CC(=O)NC(C)C)cc1. The third kappa shape index (κ3) is 7.28. The molecule has 5 nitrogen and oxygen atoms in total. The van der Waals surface area contributed by atoms with E-state index in [0.717, 1.165) is 12.1 Å². The zero-order valence-corrected chi connectivity index (χ0v) is 14.8. The molecule has 0 unspecified atom stereocenters. The van der Waals surface area contributed by atoms with Gasteiger partial charge in [0, 0.05) is 11.7 Å². The third-order valence-corrected chi connectivity index (χ3v) is 3.65. The molecule has 2 N–H and O–H groups in total. The van der Waals surface area contributed by atoms with Crippen molar-refractivity contribution in [1.82, 2.24) is 10.2 Å². The molecular weight excluding hydrogens is 290 g/mol. The number of likely N-dealkylation sites (N-methyl/N-ethyl adjacent to an activating group) is 1. The first kappa shape index (κ1) is 19.2. The molecule has 128 valence electrons. The number of hydrogen-bond donors (Lipinski definition) is 2. The molecule has 1 rings (SSSR count). The van der Waals surface area contributed by atoms with Gasteiger partial charge in [0.25, 0.3) is 0 Å². The van der Waals surface area contributed by atoms with Crippen molar-refractivity contribution < 1.29 is 9.59 Å². The number of carbonyl (C=O) groups excluding carboxylic acids is 2. The molecule has 0 saturated heterocycles. The van der Waals surface area contributed by atoms with Crippen LogP contribution < -0.4 is 10.6 Å². The van der Waals surface area contributed by atoms with E-state index in [1.165, 1.54) is 5.56 Å². The van der Waals surface area contributed by atoms with Crippen molar-refractivity contribution in [3.63, 3.8) is 0 Å². The largest absolute Gasteiger partial charge is 0.353 e. The lowest BCUT2D eigenvalue weighted by molar-refractivity contribution is -0.123. The van der Waals surface area contributed by atoms with E-state index >= 15 is 0 Å². The second-order valence-corrected chi connectivity index (χ2v) is 6.37. The lowest BCUT2D eigenvalue weighted by atomic mass is 9.99. The molecule has 0 aliphatic heterocycles. The maximum absolute atomic E-state index is 12.0. The highest BCUT2D eigenvalue weighted by atomic mass is 16.2. The van der Waals surface area contributed by atoms with E-state index in [2.05, 4.69) is 24.5 Å². The first-order chi connectivity index (χ1) is 10.8. The summed E-state index contributed by atoms with van der Waals surface area (Å²) in [5.74, 6) is 0.319. The Morgan fingerprint density at radius 1 is 1.04 bits per heavy atom. The monoisotopic (exact) mass is 319 g/mol. The van der Waals surface area contributed by atoms with E-state index in [0.29, 0.717) is 5.92 Å². The summed E-state index contributed by atoms with van der Waals surface area (Å²) in [5.41, 5.74) is 2.05. The van der Waals surface area contributed by atoms with Gasteiger partial charge in [-0.05, 0) is 50.9 Å². The van der Waals surface area contributed by atoms with Crippen LogP contribution in [0.4, 0.5) is 5.69 Å². The van der Waals surface area contributed by atoms with E-state index in [1.807, 2.05) is 38.1 Å². The van der Waals surface area contributed by atoms with Gasteiger partial charge in [-0.2, -0.15) is 0 Å². The average molecular weight is 319 g/mol. The molecule has 1 aromatic carbocycles. The van der Waals surface area contributed by atoms with E-state index in [1.54, 1.807) is 11.9 Å². The Kier molecular flexibility index (Phi) is 7.75. The molecule has 5 heteroatoms. The summed E-state index contributed by atoms with van der Waals surface area (Å²) < 4.78 is 0. The van der Waals surface area contributed by atoms with Gasteiger partial charge in [0.2, 0.25) is 11.8 Å². The Balaban J connectivity index is 2.45. The number of hydrogen-bond acceptors (Lipinski definition) is 3. The first-order valence-electron chi connectivity index (χ1n) is 8.19. The molecular formula is C18H29N3O2. The summed E-state index contributed by atoms with van der Waals surface area (Å²) in [7, 11) is 1.76. The summed E-state index contributed by atoms with van der Waals surface area (Å²) >= 11 is 0. The number of anilines is 1. The molecule has 0 aliphatic carbocycles. The number of benzene rings is 1. The highest BCUT2D eigenvalue weighted by molar-refractivity contribution is 5.92. The minimum atomic E-state index is -0.124. The normalized spacial score (nSPS) is 12.3. The minimum absolute atomic E-state index is 0.0757. The van der Waals surface area contributed by atoms with Crippen LogP contribution in [-0.4, -0.2) is 42.9 Å². The summed E-state index contributed by atoms with van der Waals surface area (Å²) in [6.45, 7) is 8.55. The van der Waals surface area contributed by atoms with Crippen LogP contribution >= 0.6 is 0 Å². The molecule has 0 spiro atoms. The summed E-state index contributed by atoms with van der Waals surface area (Å²) in [4.78, 5) is 25.4. The molecule has 1 aromatic rings. The zero-order valence-electron chi connectivity index (χ0n) is 14.8. The van der Waals surface area contributed by atoms with Gasteiger partial charge in [0.15, 0.2) is 0 Å². The second kappa shape index (κ2) is 9.30. The highest BCUT2D eigenvalue weighted by Crippen LogP contribution is 2.20. The van der Waals surface area contributed by atoms with Crippen LogP contribution in [-0.2, 0) is 9.59 Å². The molecule has 0 fully saturated rings. The lowest BCUT2D eigenvalue weighted by Crippen LogP contribution is -2.41. The van der Waals surface area contributed by atoms with Crippen LogP contribution in [0.1, 0.15) is 45.6 Å². The van der Waals surface area contributed by atoms with Crippen molar-refractivity contribution in [3.8, 4) is 0 Å². The van der Waals surface area contributed by atoms with Crippen molar-refractivity contribution >= 4 is 17.5 Å². The van der Waals surface area contributed by atoms with Crippen LogP contribution in [0.15, 0.2) is 24.3 Å². The predicted molar refractivity (Wildman–Crippen MR) is 94.6 cm³/mol. The maximum Gasteiger partial charge on any atom is 0.238 e. The predicted octanol–water partition coefficient (Wildman–Crippen LogP) is 2.60. The topological polar surface area (TPSA) is 61.4 Å². The van der Waals surface area contributed by atoms with Crippen molar-refractivity contribution in [2.24, 2.45) is 0 Å². The minimum Gasteiger partial charge on any atom is -0.353 e. The number of amides is 2. The Morgan fingerprint density at radius 2 is 1.61 bits per heavy atom. The van der Waals surface area contributed by atoms with Crippen molar-refractivity contribution in [3.05, 3.63) is 29.8 Å². The van der Waals surface area contributed by atoms with Crippen molar-refractivity contribution in [2.75, 3.05) is 25.5 Å². The van der Waals surface area contributed by atoms with Gasteiger partial charge >= 0.3 is 0 Å². The number of nitrogens with zero attached hydrogens (tertiary/aromatic N) is 1. The summed E-state index contributed by atoms with van der Waals surface area (Å²) in [6.07, 6.45) is 1.09. The molecule has 0 heterocycles. The standard InChI is InChI=1S/C18H29N3O2/c1-6-14(4)15-7-9-16(10-8-15)20-18(23)12-21(5)11-17(22)19-13(2)3/h7-10,13-14H,6,11-12H2,1-5H3,(H,19,22)(H,20,23)/t14-/m1/s1. The van der Waals surface area contributed by atoms with E-state index < -0.39 is 0 Å². The number of rotatable bonds is 8. The molecule has 1 atom stereocenters. The molecule has 23 heavy (non-hydrogen) atoms. The molecule has 0 radical (unpaired) electrons. The highest BCUT2D eigenvalue weighted by Gasteiger charge is 2.11. The fourth-order valence-electron chi connectivity index (χ4n) is 2.25. The molecule has 0 aromatic heterocycles. The van der Waals surface area contributed by atoms with Gasteiger partial charge in [0.1, 0.15) is 0 Å². The average Bonchev–Trinajstić information content (AvgIpc) is 2.45. The zero-order chi connectivity index (χ0) is 17.4. The van der Waals surface area contributed by atoms with Crippen LogP contribution in [0.2, 0.25) is 0 Å². The van der Waals surface area contributed by atoms with Gasteiger partial charge in [-0.1, -0.05) is 26.0 Å². The molecule has 0 bridgehead atoms. The Hall–Kier alpha value is -1.88. The lowest BCUT2D eigenvalue weighted by Gasteiger charge is -2.17. The fraction of sp³-hybridized carbons (Fsp3) is 0.556. The van der Waals surface area contributed by atoms with Crippen molar-refractivity contribution in [1.29, 1.82) is 0 Å². The van der Waals surface area contributed by atoms with Gasteiger partial charge in [0.05, 0.1) is 13.1 Å². The van der Waals surface area contributed by atoms with E-state index in [9.17, 15) is 9.59 Å².